The second-order valence-corrected chi connectivity index (χ2v) is 26.3. The summed E-state index contributed by atoms with van der Waals surface area (Å²) in [5.41, 5.74) is 0.0883. The first-order chi connectivity index (χ1) is 51.3. The Morgan fingerprint density at radius 3 is 1.15 bits per heavy atom. The highest BCUT2D eigenvalue weighted by Crippen LogP contribution is 2.55. The minimum atomic E-state index is -4.29. The van der Waals surface area contributed by atoms with Crippen LogP contribution in [0.4, 0.5) is 57.0 Å². The highest BCUT2D eigenvalue weighted by molar-refractivity contribution is 6.09. The van der Waals surface area contributed by atoms with Crippen molar-refractivity contribution >= 4 is 52.1 Å². The number of aryl methyl sites for hydroxylation is 5. The molecular formula is C68H59F9N24O7. The van der Waals surface area contributed by atoms with Crippen LogP contribution in [0, 0.1) is 19.8 Å². The lowest BCUT2D eigenvalue weighted by molar-refractivity contribution is -0.136. The predicted octanol–water partition coefficient (Wildman–Crippen LogP) is 8.25. The summed E-state index contributed by atoms with van der Waals surface area (Å²) in [6, 6.07) is 10.3. The van der Waals surface area contributed by atoms with Crippen LogP contribution in [-0.2, 0) is 49.9 Å². The van der Waals surface area contributed by atoms with Gasteiger partial charge in [0.15, 0.2) is 34.4 Å². The standard InChI is InChI=1S/C24H21F3N8O2.C22H19F3N8O3.C22H19F3N8O2/c1-12-4-7-16(28-9-12)24(13-5-6-13)17-19(34-22(24)37)32-18(33-21(17)36)15-10-35-20(29-11-30-35)14(31-15)3-2-8-23(25,26)27;1-21(14-6-5-11(36-2)8-26-14)15-17(32-20(21)35)30-16(31-19(15)34)13-9-33-18(27-10-28-33)12(29-13)4-3-7-22(23,24)25;1-11-5-6-14(26-8-11)21(2)15-17(32-20(21)35)30-16(31-19(15)34)13-9-33-18(27-10-28-33)12(29-13)4-3-7-22(23,24)25/h4,7,9-11,13H,2-3,5-6,8H2,1H3,(H2,32,33,34,36,37);5-6,8-10H,3-4,7H2,1-2H3,(H2,30,31,32,34,35);5-6,8-10H,3-4,7H2,1-2H3,(H2,30,31,32,34,35). The van der Waals surface area contributed by atoms with Gasteiger partial charge < -0.3 is 35.6 Å². The van der Waals surface area contributed by atoms with Crippen LogP contribution in [0.15, 0.2) is 107 Å². The van der Waals surface area contributed by atoms with Crippen molar-refractivity contribution in [2.75, 3.05) is 23.1 Å². The van der Waals surface area contributed by atoms with E-state index in [0.717, 1.165) is 24.0 Å². The van der Waals surface area contributed by atoms with Crippen LogP contribution in [0.1, 0.15) is 127 Å². The van der Waals surface area contributed by atoms with E-state index >= 15 is 0 Å². The number of rotatable bonds is 17. The normalized spacial score (nSPS) is 18.1. The SMILES string of the molecule is COc1ccc(C2(C)C(=O)Nc3nc(-c4cn5ncnc5c(CCCC(F)(F)F)n4)[nH]c(=O)c32)nc1.Cc1ccc(C2(C)C(=O)Nc3nc(-c4cn5ncnc5c(CCCC(F)(F)F)n4)[nH]c(=O)c32)nc1.Cc1ccc(C2(C3CC3)C(=O)Nc3nc(-c4cn5ncnc5c(CCCC(F)(F)F)n4)[nH]c(=O)c32)nc1. The van der Waals surface area contributed by atoms with Crippen LogP contribution >= 0.6 is 0 Å². The number of H-pyrrole nitrogens is 3. The van der Waals surface area contributed by atoms with Gasteiger partial charge in [-0.1, -0.05) is 12.1 Å². The number of carbonyl (C=O) groups excluding carboxylic acids is 3. The number of pyridine rings is 3. The number of carbonyl (C=O) groups is 3. The zero-order valence-corrected chi connectivity index (χ0v) is 57.3. The summed E-state index contributed by atoms with van der Waals surface area (Å²) in [5, 5.41) is 20.2. The molecule has 16 rings (SSSR count). The molecule has 3 atom stereocenters. The number of ether oxygens (including phenoxy) is 1. The molecular weight excluding hydrogens is 1440 g/mol. The van der Waals surface area contributed by atoms with Gasteiger partial charge in [0.25, 0.3) is 16.7 Å². The van der Waals surface area contributed by atoms with E-state index in [4.69, 9.17) is 4.74 Å². The van der Waals surface area contributed by atoms with E-state index in [1.54, 1.807) is 56.6 Å². The molecule has 12 aromatic rings. The minimum Gasteiger partial charge on any atom is -0.495 e. The third-order valence-electron chi connectivity index (χ3n) is 18.9. The van der Waals surface area contributed by atoms with Gasteiger partial charge in [0.05, 0.1) is 82.8 Å². The van der Waals surface area contributed by atoms with Crippen LogP contribution in [0.2, 0.25) is 0 Å². The highest BCUT2D eigenvalue weighted by Gasteiger charge is 2.61. The number of anilines is 3. The molecule has 40 heteroatoms. The van der Waals surface area contributed by atoms with Gasteiger partial charge >= 0.3 is 18.5 Å². The summed E-state index contributed by atoms with van der Waals surface area (Å²) in [4.78, 5) is 139. The van der Waals surface area contributed by atoms with E-state index in [1.165, 1.54) is 64.4 Å². The molecule has 0 bridgehead atoms. The summed E-state index contributed by atoms with van der Waals surface area (Å²) in [6.07, 6.45) is -1.91. The van der Waals surface area contributed by atoms with Gasteiger partial charge in [-0.25, -0.2) is 58.4 Å². The Bertz CT molecular complexity index is 5740. The largest absolute Gasteiger partial charge is 0.495 e. The molecule has 0 aromatic carbocycles. The zero-order chi connectivity index (χ0) is 76.6. The van der Waals surface area contributed by atoms with Gasteiger partial charge in [-0.15, -0.1) is 0 Å². The molecule has 1 aliphatic carbocycles. The number of nitrogens with one attached hydrogen (secondary N) is 6. The maximum absolute atomic E-state index is 13.5. The lowest BCUT2D eigenvalue weighted by Gasteiger charge is -2.26. The number of aromatic amines is 3. The van der Waals surface area contributed by atoms with E-state index < -0.39 is 82.5 Å². The number of alkyl halides is 9. The van der Waals surface area contributed by atoms with Gasteiger partial charge in [0.1, 0.15) is 75.5 Å². The van der Waals surface area contributed by atoms with Gasteiger partial charge in [0.2, 0.25) is 17.7 Å². The van der Waals surface area contributed by atoms with Crippen molar-refractivity contribution < 1.29 is 58.6 Å². The summed E-state index contributed by atoms with van der Waals surface area (Å²) in [5.74, 6) is -0.556. The Balaban J connectivity index is 0.000000136. The molecule has 3 unspecified atom stereocenters. The van der Waals surface area contributed by atoms with Crippen LogP contribution in [-0.4, -0.2) is 147 Å². The molecule has 0 saturated heterocycles. The number of methoxy groups -OCH3 is 1. The Kier molecular flexibility index (Phi) is 18.3. The maximum Gasteiger partial charge on any atom is 0.389 e. The van der Waals surface area contributed by atoms with Crippen LogP contribution in [0.25, 0.3) is 51.5 Å². The summed E-state index contributed by atoms with van der Waals surface area (Å²) < 4.78 is 123. The van der Waals surface area contributed by atoms with Gasteiger partial charge in [-0.05, 0) is 120 Å². The molecule has 1 fully saturated rings. The molecule has 3 aliphatic heterocycles. The molecule has 15 heterocycles. The first kappa shape index (κ1) is 72.3. The molecule has 1 saturated carbocycles. The van der Waals surface area contributed by atoms with Crippen molar-refractivity contribution in [1.29, 1.82) is 0 Å². The van der Waals surface area contributed by atoms with Gasteiger partial charge in [0, 0.05) is 31.7 Å². The number of halogens is 9. The molecule has 108 heavy (non-hydrogen) atoms. The Morgan fingerprint density at radius 1 is 0.454 bits per heavy atom. The zero-order valence-electron chi connectivity index (χ0n) is 57.3. The van der Waals surface area contributed by atoms with E-state index in [-0.39, 0.29) is 130 Å². The molecule has 0 radical (unpaired) electrons. The van der Waals surface area contributed by atoms with Crippen molar-refractivity contribution in [3.8, 4) is 40.3 Å². The Hall–Kier alpha value is -12.7. The average Bonchev–Trinajstić information content (AvgIpc) is 1.54. The first-order valence-corrected chi connectivity index (χ1v) is 33.4. The Morgan fingerprint density at radius 2 is 0.806 bits per heavy atom. The number of fused-ring (bicyclic) bond motifs is 6. The lowest BCUT2D eigenvalue weighted by Crippen LogP contribution is -2.42. The van der Waals surface area contributed by atoms with E-state index in [9.17, 15) is 68.3 Å². The quantitative estimate of drug-likeness (QED) is 0.0467. The molecule has 0 spiro atoms. The first-order valence-electron chi connectivity index (χ1n) is 33.4. The van der Waals surface area contributed by atoms with Crippen molar-refractivity contribution in [3.05, 3.63) is 186 Å². The predicted molar refractivity (Wildman–Crippen MR) is 362 cm³/mol. The van der Waals surface area contributed by atoms with E-state index in [2.05, 4.69) is 106 Å². The number of hydrogen-bond donors (Lipinski definition) is 6. The monoisotopic (exact) mass is 1490 g/mol. The smallest absolute Gasteiger partial charge is 0.389 e. The molecule has 556 valence electrons. The molecule has 3 amide bonds. The number of nitrogens with zero attached hydrogens (tertiary/aromatic N) is 18. The second kappa shape index (κ2) is 27.3. The van der Waals surface area contributed by atoms with Crippen molar-refractivity contribution in [1.82, 2.24) is 104 Å². The summed E-state index contributed by atoms with van der Waals surface area (Å²) in [7, 11) is 1.48. The van der Waals surface area contributed by atoms with Crippen molar-refractivity contribution in [2.24, 2.45) is 5.92 Å². The summed E-state index contributed by atoms with van der Waals surface area (Å²) in [6.45, 7) is 6.91. The molecule has 12 aromatic heterocycles. The number of hydrogen-bond acceptors (Lipinski definition) is 22. The van der Waals surface area contributed by atoms with Crippen LogP contribution in [0.3, 0.4) is 0 Å². The van der Waals surface area contributed by atoms with Gasteiger partial charge in [-0.2, -0.15) is 54.8 Å². The van der Waals surface area contributed by atoms with Crippen LogP contribution < -0.4 is 37.4 Å². The van der Waals surface area contributed by atoms with Gasteiger partial charge in [-0.3, -0.25) is 43.7 Å². The van der Waals surface area contributed by atoms with E-state index in [1.807, 2.05) is 19.9 Å². The fraction of sp³-hybridized carbons (Fsp3) is 0.338. The maximum atomic E-state index is 13.5. The summed E-state index contributed by atoms with van der Waals surface area (Å²) >= 11 is 0. The number of amides is 3. The van der Waals surface area contributed by atoms with E-state index in [0.29, 0.717) is 45.5 Å². The third-order valence-corrected chi connectivity index (χ3v) is 18.9. The molecule has 4 aliphatic rings. The fourth-order valence-corrected chi connectivity index (χ4v) is 13.4. The molecule has 31 nitrogen and oxygen atoms in total. The number of aromatic nitrogens is 21. The van der Waals surface area contributed by atoms with Crippen LogP contribution in [0.5, 0.6) is 5.75 Å². The Labute approximate surface area is 600 Å². The highest BCUT2D eigenvalue weighted by atomic mass is 19.4. The third kappa shape index (κ3) is 13.7. The second-order valence-electron chi connectivity index (χ2n) is 26.3. The van der Waals surface area contributed by atoms with Crippen molar-refractivity contribution in [2.45, 2.75) is 133 Å². The topological polar surface area (TPSA) is 402 Å². The molecule has 6 N–H and O–H groups in total. The van der Waals surface area contributed by atoms with Crippen molar-refractivity contribution in [3.63, 3.8) is 0 Å². The lowest BCUT2D eigenvalue weighted by atomic mass is 9.74. The average molecular weight is 1500 g/mol. The minimum absolute atomic E-state index is 0.00137. The fourth-order valence-electron chi connectivity index (χ4n) is 13.4.